The lowest BCUT2D eigenvalue weighted by atomic mass is 9.98. The van der Waals surface area contributed by atoms with Gasteiger partial charge in [0.05, 0.1) is 0 Å². The predicted octanol–water partition coefficient (Wildman–Crippen LogP) is 7.18. The minimum atomic E-state index is -0.802. The van der Waals surface area contributed by atoms with E-state index in [1.54, 1.807) is 41.5 Å². The fourth-order valence-electron chi connectivity index (χ4n) is 3.29. The Kier molecular flexibility index (Phi) is 6.35. The molecule has 0 spiro atoms. The van der Waals surface area contributed by atoms with E-state index in [2.05, 4.69) is 0 Å². The van der Waals surface area contributed by atoms with Crippen LogP contribution >= 0.6 is 0 Å². The molecule has 0 aliphatic rings. The van der Waals surface area contributed by atoms with Crippen LogP contribution in [0.3, 0.4) is 0 Å². The highest BCUT2D eigenvalue weighted by molar-refractivity contribution is 6.12. The second-order valence-corrected chi connectivity index (χ2v) is 9.57. The molecule has 0 radical (unpaired) electrons. The summed E-state index contributed by atoms with van der Waals surface area (Å²) < 4.78 is 22.2. The van der Waals surface area contributed by atoms with Gasteiger partial charge < -0.3 is 18.9 Å². The number of fused-ring (bicyclic) bond motifs is 2. The van der Waals surface area contributed by atoms with Crippen LogP contribution in [0.4, 0.5) is 9.59 Å². The molecule has 0 fully saturated rings. The second-order valence-electron chi connectivity index (χ2n) is 9.57. The molecule has 170 valence electrons. The van der Waals surface area contributed by atoms with Crippen LogP contribution in [0.1, 0.15) is 54.0 Å². The summed E-state index contributed by atoms with van der Waals surface area (Å²) in [6.07, 6.45) is -0.812. The summed E-state index contributed by atoms with van der Waals surface area (Å²) in [6.45, 7) is 12.7. The molecule has 3 aromatic carbocycles. The summed E-state index contributed by atoms with van der Waals surface area (Å²) in [5.41, 5.74) is -0.348. The molecule has 0 aromatic heterocycles. The zero-order valence-corrected chi connectivity index (χ0v) is 19.7. The molecule has 0 aliphatic carbocycles. The van der Waals surface area contributed by atoms with Crippen LogP contribution in [-0.2, 0) is 15.9 Å². The van der Waals surface area contributed by atoms with Crippen molar-refractivity contribution in [2.24, 2.45) is 0 Å². The molecule has 6 heteroatoms. The van der Waals surface area contributed by atoms with Crippen LogP contribution in [0, 0.1) is 0 Å². The van der Waals surface area contributed by atoms with Crippen molar-refractivity contribution in [2.45, 2.75) is 66.1 Å². The Balaban J connectivity index is 2.22. The smallest absolute Gasteiger partial charge is 0.428 e. The molecule has 0 saturated carbocycles. The molecule has 6 nitrogen and oxygen atoms in total. The molecular formula is C26H30O6. The van der Waals surface area contributed by atoms with Gasteiger partial charge in [-0.05, 0) is 59.6 Å². The number of carbonyl (C=O) groups is 2. The van der Waals surface area contributed by atoms with E-state index in [0.29, 0.717) is 33.0 Å². The molecule has 0 amide bonds. The van der Waals surface area contributed by atoms with E-state index in [1.165, 1.54) is 0 Å². The fraction of sp³-hybridized carbons (Fsp3) is 0.385. The standard InChI is InChI=1S/C26H30O6/c1-8-16-13-14-19-20(15-16)22(30-24(28)32-26(5,6)7)18-12-10-9-11-17(18)21(19)29-23(27)31-25(2,3)4/h9-15H,8H2,1-7H3. The summed E-state index contributed by atoms with van der Waals surface area (Å²) in [5.74, 6) is 0.709. The van der Waals surface area contributed by atoms with Crippen LogP contribution in [-0.4, -0.2) is 23.5 Å². The minimum absolute atomic E-state index is 0.351. The largest absolute Gasteiger partial charge is 0.514 e. The van der Waals surface area contributed by atoms with Gasteiger partial charge in [0, 0.05) is 21.5 Å². The molecule has 0 heterocycles. The zero-order chi connectivity index (χ0) is 23.7. The van der Waals surface area contributed by atoms with Crippen molar-refractivity contribution in [1.82, 2.24) is 0 Å². The van der Waals surface area contributed by atoms with Crippen molar-refractivity contribution < 1.29 is 28.5 Å². The average Bonchev–Trinajstić information content (AvgIpc) is 2.67. The Morgan fingerprint density at radius 2 is 1.12 bits per heavy atom. The van der Waals surface area contributed by atoms with Gasteiger partial charge in [-0.2, -0.15) is 0 Å². The Morgan fingerprint density at radius 1 is 0.688 bits per heavy atom. The highest BCUT2D eigenvalue weighted by Gasteiger charge is 2.25. The average molecular weight is 439 g/mol. The Labute approximate surface area is 188 Å². The number of ether oxygens (including phenoxy) is 4. The molecule has 0 N–H and O–H groups in total. The van der Waals surface area contributed by atoms with Crippen molar-refractivity contribution >= 4 is 33.9 Å². The lowest BCUT2D eigenvalue weighted by Crippen LogP contribution is -2.26. The number of carbonyl (C=O) groups excluding carboxylic acids is 2. The van der Waals surface area contributed by atoms with Crippen LogP contribution in [0.2, 0.25) is 0 Å². The predicted molar refractivity (Wildman–Crippen MR) is 125 cm³/mol. The van der Waals surface area contributed by atoms with Crippen molar-refractivity contribution in [2.75, 3.05) is 0 Å². The molecule has 0 aliphatic heterocycles. The van der Waals surface area contributed by atoms with E-state index < -0.39 is 23.5 Å². The van der Waals surface area contributed by atoms with Gasteiger partial charge in [0.25, 0.3) is 0 Å². The fourth-order valence-corrected chi connectivity index (χ4v) is 3.29. The lowest BCUT2D eigenvalue weighted by molar-refractivity contribution is 0.0194. The number of aryl methyl sites for hydroxylation is 1. The molecule has 0 unspecified atom stereocenters. The number of benzene rings is 3. The minimum Gasteiger partial charge on any atom is -0.428 e. The van der Waals surface area contributed by atoms with Crippen molar-refractivity contribution in [3.63, 3.8) is 0 Å². The normalized spacial score (nSPS) is 12.0. The lowest BCUT2D eigenvalue weighted by Gasteiger charge is -2.22. The van der Waals surface area contributed by atoms with E-state index in [0.717, 1.165) is 12.0 Å². The van der Waals surface area contributed by atoms with Gasteiger partial charge in [-0.1, -0.05) is 43.3 Å². The molecule has 3 aromatic rings. The van der Waals surface area contributed by atoms with Crippen molar-refractivity contribution in [1.29, 1.82) is 0 Å². The number of hydrogen-bond donors (Lipinski definition) is 0. The van der Waals surface area contributed by atoms with E-state index in [4.69, 9.17) is 18.9 Å². The van der Waals surface area contributed by atoms with Gasteiger partial charge in [0.1, 0.15) is 22.7 Å². The van der Waals surface area contributed by atoms with Crippen LogP contribution < -0.4 is 9.47 Å². The maximum Gasteiger partial charge on any atom is 0.514 e. The Bertz CT molecular complexity index is 1160. The monoisotopic (exact) mass is 438 g/mol. The molecule has 0 atom stereocenters. The summed E-state index contributed by atoms with van der Waals surface area (Å²) >= 11 is 0. The third-order valence-corrected chi connectivity index (χ3v) is 4.55. The van der Waals surface area contributed by atoms with Gasteiger partial charge >= 0.3 is 12.3 Å². The highest BCUT2D eigenvalue weighted by Crippen LogP contribution is 2.43. The van der Waals surface area contributed by atoms with Crippen LogP contribution in [0.25, 0.3) is 21.5 Å². The topological polar surface area (TPSA) is 71.1 Å². The summed E-state index contributed by atoms with van der Waals surface area (Å²) in [6, 6.07) is 13.0. The molecule has 0 bridgehead atoms. The highest BCUT2D eigenvalue weighted by atomic mass is 16.7. The number of rotatable bonds is 3. The van der Waals surface area contributed by atoms with Gasteiger partial charge in [0.2, 0.25) is 0 Å². The van der Waals surface area contributed by atoms with Crippen molar-refractivity contribution in [3.8, 4) is 11.5 Å². The second kappa shape index (κ2) is 8.69. The Hall–Kier alpha value is -3.28. The van der Waals surface area contributed by atoms with Crippen molar-refractivity contribution in [3.05, 3.63) is 48.0 Å². The third kappa shape index (κ3) is 5.49. The molecule has 3 rings (SSSR count). The zero-order valence-electron chi connectivity index (χ0n) is 19.7. The van der Waals surface area contributed by atoms with Gasteiger partial charge in [-0.25, -0.2) is 9.59 Å². The first kappa shape index (κ1) is 23.4. The van der Waals surface area contributed by atoms with Crippen LogP contribution in [0.5, 0.6) is 11.5 Å². The van der Waals surface area contributed by atoms with Crippen LogP contribution in [0.15, 0.2) is 42.5 Å². The quantitative estimate of drug-likeness (QED) is 0.245. The van der Waals surface area contributed by atoms with Gasteiger partial charge in [0.15, 0.2) is 0 Å². The maximum atomic E-state index is 12.5. The first-order valence-corrected chi connectivity index (χ1v) is 10.7. The summed E-state index contributed by atoms with van der Waals surface area (Å²) in [5, 5.41) is 2.52. The molecule has 32 heavy (non-hydrogen) atoms. The Morgan fingerprint density at radius 3 is 1.56 bits per heavy atom. The summed E-state index contributed by atoms with van der Waals surface area (Å²) in [4.78, 5) is 25.0. The van der Waals surface area contributed by atoms with E-state index in [-0.39, 0.29) is 0 Å². The maximum absolute atomic E-state index is 12.5. The van der Waals surface area contributed by atoms with Gasteiger partial charge in [-0.3, -0.25) is 0 Å². The van der Waals surface area contributed by atoms with E-state index >= 15 is 0 Å². The first-order valence-electron chi connectivity index (χ1n) is 10.7. The van der Waals surface area contributed by atoms with E-state index in [1.807, 2.05) is 49.4 Å². The number of hydrogen-bond acceptors (Lipinski definition) is 6. The molecular weight excluding hydrogens is 408 g/mol. The van der Waals surface area contributed by atoms with Gasteiger partial charge in [-0.15, -0.1) is 0 Å². The van der Waals surface area contributed by atoms with E-state index in [9.17, 15) is 9.59 Å². The first-order chi connectivity index (χ1) is 14.9. The third-order valence-electron chi connectivity index (χ3n) is 4.55. The SMILES string of the molecule is CCc1ccc2c(OC(=O)OC(C)(C)C)c3ccccc3c(OC(=O)OC(C)(C)C)c2c1. The summed E-state index contributed by atoms with van der Waals surface area (Å²) in [7, 11) is 0. The molecule has 0 saturated heterocycles.